The number of hydrogen-bond donors (Lipinski definition) is 0. The summed E-state index contributed by atoms with van der Waals surface area (Å²) in [4.78, 5) is 0. The van der Waals surface area contributed by atoms with Crippen LogP contribution in [0.1, 0.15) is 6.92 Å². The van der Waals surface area contributed by atoms with Crippen LogP contribution in [0, 0.1) is 11.3 Å². The van der Waals surface area contributed by atoms with Crippen LogP contribution in [0.25, 0.3) is 0 Å². The molecule has 0 aliphatic carbocycles. The molecule has 2 nitrogen and oxygen atoms in total. The van der Waals surface area contributed by atoms with Crippen LogP contribution in [-0.4, -0.2) is 8.73 Å². The van der Waals surface area contributed by atoms with Crippen molar-refractivity contribution in [3.8, 4) is 6.07 Å². The molecule has 0 aliphatic heterocycles. The first-order valence-corrected chi connectivity index (χ1v) is 2.99. The molecule has 0 aromatic rings. The molecule has 0 fully saturated rings. The van der Waals surface area contributed by atoms with Crippen molar-refractivity contribution < 1.29 is 5.48 Å². The zero-order valence-corrected chi connectivity index (χ0v) is 7.48. The van der Waals surface area contributed by atoms with Gasteiger partial charge in [-0.15, -0.1) is 0 Å². The second-order valence-corrected chi connectivity index (χ2v) is 4.08. The molecule has 0 saturated heterocycles. The molecule has 0 heterocycles. The largest absolute Gasteiger partial charge is 0.412 e. The minimum absolute atomic E-state index is 0. The normalized spacial score (nSPS) is 7.56. The summed E-state index contributed by atoms with van der Waals surface area (Å²) >= 11 is 19.3. The third-order valence-electron chi connectivity index (χ3n) is 0. The number of nitrogens with zero attached hydrogens (tertiary/aromatic N) is 1. The molecule has 6 heteroatoms. The molecule has 2 N–H and O–H groups in total. The first-order chi connectivity index (χ1) is 3.41. The Labute approximate surface area is 73.6 Å². The predicted octanol–water partition coefficient (Wildman–Crippen LogP) is 2.26. The van der Waals surface area contributed by atoms with Crippen LogP contribution in [0.15, 0.2) is 0 Å². The van der Waals surface area contributed by atoms with Gasteiger partial charge in [0.1, 0.15) is 0 Å². The number of halogens is 4. The molecule has 0 amide bonds. The minimum atomic E-state index is -1.61. The lowest BCUT2D eigenvalue weighted by Crippen LogP contribution is -1.81. The highest BCUT2D eigenvalue weighted by Crippen LogP contribution is 2.29. The van der Waals surface area contributed by atoms with Gasteiger partial charge in [-0.25, -0.2) is 0 Å². The van der Waals surface area contributed by atoms with Crippen LogP contribution < -0.4 is 0 Å². The number of alkyl halides is 4. The Kier molecular flexibility index (Phi) is 15.6. The summed E-state index contributed by atoms with van der Waals surface area (Å²) < 4.78 is -1.61. The quantitative estimate of drug-likeness (QED) is 0.569. The Balaban J connectivity index is -0.0000000800. The van der Waals surface area contributed by atoms with Crippen molar-refractivity contribution in [1.29, 1.82) is 5.26 Å². The maximum absolute atomic E-state index is 7.32. The number of rotatable bonds is 0. The molecular weight excluding hydrogens is 208 g/mol. The number of hydrogen-bond acceptors (Lipinski definition) is 1. The molecule has 0 rings (SSSR count). The monoisotopic (exact) mass is 211 g/mol. The van der Waals surface area contributed by atoms with Gasteiger partial charge in [-0.3, -0.25) is 0 Å². The van der Waals surface area contributed by atoms with E-state index >= 15 is 0 Å². The molecule has 56 valence electrons. The van der Waals surface area contributed by atoms with E-state index < -0.39 is 3.25 Å². The van der Waals surface area contributed by atoms with Gasteiger partial charge in [0.25, 0.3) is 3.25 Å². The van der Waals surface area contributed by atoms with Crippen molar-refractivity contribution in [3.63, 3.8) is 0 Å². The minimum Gasteiger partial charge on any atom is -0.412 e. The maximum Gasteiger partial charge on any atom is 0.266 e. The van der Waals surface area contributed by atoms with Crippen LogP contribution in [0.3, 0.4) is 0 Å². The van der Waals surface area contributed by atoms with Gasteiger partial charge in [-0.1, -0.05) is 46.4 Å². The summed E-state index contributed by atoms with van der Waals surface area (Å²) in [6.07, 6.45) is 0. The van der Waals surface area contributed by atoms with Gasteiger partial charge in [0.15, 0.2) is 0 Å². The molecule has 0 saturated carbocycles. The van der Waals surface area contributed by atoms with Gasteiger partial charge >= 0.3 is 0 Å². The van der Waals surface area contributed by atoms with E-state index in [4.69, 9.17) is 51.7 Å². The second kappa shape index (κ2) is 8.61. The molecule has 0 unspecified atom stereocenters. The van der Waals surface area contributed by atoms with E-state index in [0.29, 0.717) is 0 Å². The lowest BCUT2D eigenvalue weighted by molar-refractivity contribution is 0.824. The molecule has 0 atom stereocenters. The van der Waals surface area contributed by atoms with E-state index in [1.165, 1.54) is 6.92 Å². The fourth-order valence-corrected chi connectivity index (χ4v) is 0. The van der Waals surface area contributed by atoms with Crippen molar-refractivity contribution in [1.82, 2.24) is 0 Å². The predicted molar refractivity (Wildman–Crippen MR) is 41.0 cm³/mol. The van der Waals surface area contributed by atoms with Gasteiger partial charge in [0.2, 0.25) is 0 Å². The van der Waals surface area contributed by atoms with E-state index in [2.05, 4.69) is 0 Å². The first-order valence-electron chi connectivity index (χ1n) is 1.48. The van der Waals surface area contributed by atoms with Crippen LogP contribution in [0.2, 0.25) is 0 Å². The maximum atomic E-state index is 7.32. The van der Waals surface area contributed by atoms with Crippen LogP contribution in [-0.2, 0) is 0 Å². The van der Waals surface area contributed by atoms with Crippen molar-refractivity contribution in [2.75, 3.05) is 0 Å². The molecule has 0 spiro atoms. The molecule has 0 radical (unpaired) electrons. The van der Waals surface area contributed by atoms with E-state index in [9.17, 15) is 0 Å². The molecule has 0 aliphatic rings. The SMILES string of the molecule is CC#N.ClC(Cl)(Cl)Cl.O. The van der Waals surface area contributed by atoms with Gasteiger partial charge in [-0.05, 0) is 0 Å². The van der Waals surface area contributed by atoms with E-state index in [-0.39, 0.29) is 5.48 Å². The van der Waals surface area contributed by atoms with Crippen molar-refractivity contribution in [3.05, 3.63) is 0 Å². The molecule has 0 aromatic heterocycles. The smallest absolute Gasteiger partial charge is 0.266 e. The summed E-state index contributed by atoms with van der Waals surface area (Å²) in [5.74, 6) is 0. The Hall–Kier alpha value is 0.610. The summed E-state index contributed by atoms with van der Waals surface area (Å²) in [7, 11) is 0. The van der Waals surface area contributed by atoms with Crippen molar-refractivity contribution >= 4 is 46.4 Å². The molecular formula is C3H5Cl4NO. The van der Waals surface area contributed by atoms with E-state index in [1.54, 1.807) is 6.07 Å². The Morgan fingerprint density at radius 1 is 1.22 bits per heavy atom. The lowest BCUT2D eigenvalue weighted by atomic mass is 11.0. The van der Waals surface area contributed by atoms with Gasteiger partial charge in [-0.2, -0.15) is 5.26 Å². The van der Waals surface area contributed by atoms with Crippen LogP contribution in [0.4, 0.5) is 0 Å². The molecule has 9 heavy (non-hydrogen) atoms. The summed E-state index contributed by atoms with van der Waals surface area (Å²) in [5.41, 5.74) is 0. The molecule has 0 aromatic carbocycles. The summed E-state index contributed by atoms with van der Waals surface area (Å²) in [5, 5.41) is 7.32. The van der Waals surface area contributed by atoms with E-state index in [0.717, 1.165) is 0 Å². The van der Waals surface area contributed by atoms with Crippen LogP contribution in [0.5, 0.6) is 0 Å². The first kappa shape index (κ1) is 16.3. The standard InChI is InChI=1S/C2H3N.CCl4.H2O/c1-2-3;2-1(3,4)5;/h1H3;;1H2. The highest BCUT2D eigenvalue weighted by Gasteiger charge is 2.11. The zero-order valence-electron chi connectivity index (χ0n) is 4.46. The number of nitriles is 1. The molecule has 0 bridgehead atoms. The third-order valence-corrected chi connectivity index (χ3v) is 0. The van der Waals surface area contributed by atoms with Crippen LogP contribution >= 0.6 is 46.4 Å². The fraction of sp³-hybridized carbons (Fsp3) is 0.667. The lowest BCUT2D eigenvalue weighted by Gasteiger charge is -1.91. The van der Waals surface area contributed by atoms with Crippen molar-refractivity contribution in [2.24, 2.45) is 0 Å². The third kappa shape index (κ3) is 1010. The fourth-order valence-electron chi connectivity index (χ4n) is 0. The van der Waals surface area contributed by atoms with E-state index in [1.807, 2.05) is 0 Å². The van der Waals surface area contributed by atoms with Gasteiger partial charge in [0.05, 0.1) is 6.07 Å². The summed E-state index contributed by atoms with van der Waals surface area (Å²) in [6.45, 7) is 1.43. The zero-order chi connectivity index (χ0) is 7.21. The van der Waals surface area contributed by atoms with Gasteiger partial charge < -0.3 is 5.48 Å². The Morgan fingerprint density at radius 3 is 1.22 bits per heavy atom. The van der Waals surface area contributed by atoms with Crippen molar-refractivity contribution in [2.45, 2.75) is 10.2 Å². The average molecular weight is 213 g/mol. The highest BCUT2D eigenvalue weighted by atomic mass is 35.6. The average Bonchev–Trinajstić information content (AvgIpc) is 1.27. The second-order valence-electron chi connectivity index (χ2n) is 0.652. The highest BCUT2D eigenvalue weighted by molar-refractivity contribution is 6.83. The Bertz CT molecular complexity index is 76.8. The van der Waals surface area contributed by atoms with Gasteiger partial charge in [0, 0.05) is 6.92 Å². The Morgan fingerprint density at radius 2 is 1.22 bits per heavy atom. The summed E-state index contributed by atoms with van der Waals surface area (Å²) in [6, 6.07) is 1.75. The topological polar surface area (TPSA) is 55.3 Å².